The lowest BCUT2D eigenvalue weighted by Crippen LogP contribution is -2.67. The van der Waals surface area contributed by atoms with Crippen LogP contribution in [0.15, 0.2) is 0 Å². The largest absolute Gasteiger partial charge is 0.790 e. The molecule has 9 atom stereocenters. The maximum absolute atomic E-state index is 12.0. The highest BCUT2D eigenvalue weighted by atomic mass is 31.3. The van der Waals surface area contributed by atoms with E-state index in [4.69, 9.17) is 4.89 Å². The Morgan fingerprint density at radius 3 is 0.727 bits per heavy atom. The lowest BCUT2D eigenvalue weighted by molar-refractivity contribution is -0.379. The number of phosphoric ester groups is 6. The van der Waals surface area contributed by atoms with Gasteiger partial charge < -0.3 is 118 Å². The summed E-state index contributed by atoms with van der Waals surface area (Å²) in [6, 6.07) is 0. The lowest BCUT2D eigenvalue weighted by atomic mass is 9.85. The van der Waals surface area contributed by atoms with Gasteiger partial charge in [-0.3, -0.25) is 18.0 Å². The van der Waals surface area contributed by atoms with E-state index >= 15 is 0 Å². The minimum atomic E-state index is -7.09. The summed E-state index contributed by atoms with van der Waals surface area (Å²) >= 11 is 0. The van der Waals surface area contributed by atoms with Crippen molar-refractivity contribution in [3.8, 4) is 0 Å². The van der Waals surface area contributed by atoms with E-state index in [1.54, 1.807) is 0 Å². The molecule has 0 aromatic rings. The molecule has 264 valence electrons. The van der Waals surface area contributed by atoms with Crippen LogP contribution in [0.1, 0.15) is 0 Å². The molecule has 0 heterocycles. The molecule has 30 nitrogen and oxygen atoms in total. The van der Waals surface area contributed by atoms with Crippen LogP contribution in [0.4, 0.5) is 0 Å². The molecule has 0 aromatic heterocycles. The second-order valence-corrected chi connectivity index (χ2v) is 17.0. The summed E-state index contributed by atoms with van der Waals surface area (Å²) in [4.78, 5) is 155. The first kappa shape index (κ1) is 43.0. The third-order valence-electron chi connectivity index (χ3n) is 3.85. The first-order valence-corrected chi connectivity index (χ1v) is 21.0. The van der Waals surface area contributed by atoms with E-state index in [0.717, 1.165) is 0 Å². The number of hydrogen-bond acceptors (Lipinski definition) is 29. The van der Waals surface area contributed by atoms with Crippen molar-refractivity contribution in [1.82, 2.24) is 0 Å². The summed E-state index contributed by atoms with van der Waals surface area (Å²) in [6.07, 6.45) is -23.5. The first-order valence-electron chi connectivity index (χ1n) is 9.27. The Bertz CT molecular complexity index is 1310. The zero-order valence-corrected chi connectivity index (χ0v) is 26.5. The van der Waals surface area contributed by atoms with E-state index < -0.39 is 99.2 Å². The zero-order valence-electron chi connectivity index (χ0n) is 19.3. The van der Waals surface area contributed by atoms with Gasteiger partial charge in [0.2, 0.25) is 0 Å². The molecular weight excluding hydrogens is 800 g/mol. The highest BCUT2D eigenvalue weighted by Crippen LogP contribution is 2.59. The second-order valence-electron chi connectivity index (χ2n) is 7.18. The fourth-order valence-corrected chi connectivity index (χ4v) is 8.55. The van der Waals surface area contributed by atoms with Crippen LogP contribution in [0.3, 0.4) is 0 Å². The number of phosphoric acid groups is 8. The standard InChI is InChI=1S/C6H20O30P8/c7-37(8,9)29-1-2(30-38(10,11)12)5(33-43(25,26)35-41(19,20)21)4(32-40(16,17)18)6(3(1)31-39(13,14)15)34-44(27,28)36-42(22,23)24/h1-6H,(H,25,26)(H,27,28)(H2,7,8,9)(H2,10,11,12)(H2,13,14,15)(H2,16,17,18)(H2,19,20,21)(H2,22,23,24)/p-13/t1-,2-,3-,4-,5+,6-/m0/s1. The molecule has 3 unspecified atom stereocenters. The highest BCUT2D eigenvalue weighted by molar-refractivity contribution is 7.59. The molecule has 0 saturated heterocycles. The summed E-state index contributed by atoms with van der Waals surface area (Å²) in [5.74, 6) is 0. The zero-order chi connectivity index (χ0) is 35.1. The summed E-state index contributed by atoms with van der Waals surface area (Å²) in [5, 5.41) is 0. The summed E-state index contributed by atoms with van der Waals surface area (Å²) < 4.78 is 119. The fourth-order valence-electron chi connectivity index (χ4n) is 3.02. The van der Waals surface area contributed by atoms with Gasteiger partial charge in [0.1, 0.15) is 36.6 Å². The van der Waals surface area contributed by atoms with Crippen LogP contribution in [0.2, 0.25) is 0 Å². The van der Waals surface area contributed by atoms with Crippen LogP contribution in [0.25, 0.3) is 0 Å². The Hall–Kier alpha value is 0.960. The third kappa shape index (κ3) is 16.9. The van der Waals surface area contributed by atoms with Gasteiger partial charge in [0.25, 0.3) is 23.5 Å². The van der Waals surface area contributed by atoms with Gasteiger partial charge in [-0.25, -0.2) is 4.31 Å². The highest BCUT2D eigenvalue weighted by Gasteiger charge is 2.58. The van der Waals surface area contributed by atoms with E-state index in [2.05, 4.69) is 35.8 Å². The molecule has 44 heavy (non-hydrogen) atoms. The summed E-state index contributed by atoms with van der Waals surface area (Å²) in [5.41, 5.74) is 0. The SMILES string of the molecule is O=P([O-])([O-])O[C@H]1[C@H](OP(=O)([O-])[O-])[C@@H](OP(=O)([O-])OP(=O)([O-])[O-])[C@H](OP(=O)([O-])[O-])[C@@H](OP(=O)([O-])OP(=O)([O-])O)[C@H]1OP(=O)([O-])[O-]. The topological polar surface area (TPSA) is 530 Å². The van der Waals surface area contributed by atoms with Crippen LogP contribution in [0, 0.1) is 0 Å². The Morgan fingerprint density at radius 2 is 0.545 bits per heavy atom. The van der Waals surface area contributed by atoms with Crippen LogP contribution >= 0.6 is 62.6 Å². The predicted molar refractivity (Wildman–Crippen MR) is 94.5 cm³/mol. The van der Waals surface area contributed by atoms with Gasteiger partial charge in [0.05, 0.1) is 39.1 Å². The van der Waals surface area contributed by atoms with Crippen molar-refractivity contribution in [1.29, 1.82) is 0 Å². The Kier molecular flexibility index (Phi) is 14.1. The molecule has 0 aliphatic heterocycles. The van der Waals surface area contributed by atoms with Crippen LogP contribution in [-0.2, 0) is 72.3 Å². The molecule has 1 aliphatic carbocycles. The monoisotopic (exact) mass is 807 g/mol. The fraction of sp³-hybridized carbons (Fsp3) is 1.00. The molecule has 1 aliphatic rings. The normalized spacial score (nSPS) is 30.2. The van der Waals surface area contributed by atoms with Crippen LogP contribution in [-0.4, -0.2) is 41.5 Å². The number of rotatable bonds is 16. The predicted octanol–water partition coefficient (Wildman–Crippen LogP) is -11.1. The second kappa shape index (κ2) is 14.4. The molecule has 1 fully saturated rings. The smallest absolute Gasteiger partial charge is 0.274 e. The minimum Gasteiger partial charge on any atom is -0.790 e. The van der Waals surface area contributed by atoms with E-state index in [-0.39, 0.29) is 0 Å². The maximum atomic E-state index is 12.0. The molecule has 1 N–H and O–H groups in total. The van der Waals surface area contributed by atoms with Crippen molar-refractivity contribution in [2.45, 2.75) is 36.6 Å². The van der Waals surface area contributed by atoms with Gasteiger partial charge in [-0.1, -0.05) is 0 Å². The van der Waals surface area contributed by atoms with Gasteiger partial charge in [-0.05, 0) is 0 Å². The first-order chi connectivity index (χ1) is 19.0. The molecule has 0 aromatic carbocycles. The Morgan fingerprint density at radius 1 is 0.341 bits per heavy atom. The van der Waals surface area contributed by atoms with Crippen molar-refractivity contribution >= 4 is 62.6 Å². The average molecular weight is 807 g/mol. The van der Waals surface area contributed by atoms with Crippen molar-refractivity contribution < 1.29 is 141 Å². The van der Waals surface area contributed by atoms with Crippen molar-refractivity contribution in [2.75, 3.05) is 0 Å². The third-order valence-corrected chi connectivity index (χ3v) is 10.1. The van der Waals surface area contributed by atoms with Crippen molar-refractivity contribution in [3.63, 3.8) is 0 Å². The Labute approximate surface area is 240 Å². The molecular formula is C6H7O30P8-13. The van der Waals surface area contributed by atoms with Gasteiger partial charge in [-0.15, -0.1) is 0 Å². The molecule has 0 amide bonds. The molecule has 38 heteroatoms. The molecule has 1 saturated carbocycles. The van der Waals surface area contributed by atoms with Crippen molar-refractivity contribution in [2.24, 2.45) is 0 Å². The molecule has 0 radical (unpaired) electrons. The quantitative estimate of drug-likeness (QED) is 0.141. The molecule has 0 spiro atoms. The summed E-state index contributed by atoms with van der Waals surface area (Å²) in [7, 11) is -55.4. The average Bonchev–Trinajstić information content (AvgIpc) is 2.62. The maximum Gasteiger partial charge on any atom is 0.274 e. The van der Waals surface area contributed by atoms with Crippen molar-refractivity contribution in [3.05, 3.63) is 0 Å². The minimum absolute atomic E-state index is 2.90. The van der Waals surface area contributed by atoms with Crippen LogP contribution in [0.5, 0.6) is 0 Å². The number of hydrogen-bond donors (Lipinski definition) is 1. The van der Waals surface area contributed by atoms with E-state index in [0.29, 0.717) is 0 Å². The molecule has 0 bridgehead atoms. The van der Waals surface area contributed by atoms with E-state index in [1.807, 2.05) is 0 Å². The lowest BCUT2D eigenvalue weighted by Gasteiger charge is -2.56. The van der Waals surface area contributed by atoms with Crippen LogP contribution < -0.4 is 63.6 Å². The summed E-state index contributed by atoms with van der Waals surface area (Å²) in [6.45, 7) is 0. The van der Waals surface area contributed by atoms with E-state index in [1.165, 1.54) is 0 Å². The van der Waals surface area contributed by atoms with E-state index in [9.17, 15) is 100 Å². The van der Waals surface area contributed by atoms with Gasteiger partial charge in [0.15, 0.2) is 0 Å². The Balaban J connectivity index is 4.23. The molecule has 1 rings (SSSR count). The van der Waals surface area contributed by atoms with Gasteiger partial charge in [0, 0.05) is 0 Å². The van der Waals surface area contributed by atoms with Gasteiger partial charge in [-0.2, -0.15) is 0 Å². The van der Waals surface area contributed by atoms with Gasteiger partial charge >= 0.3 is 0 Å².